The fourth-order valence-electron chi connectivity index (χ4n) is 2.00. The molecule has 0 spiro atoms. The lowest BCUT2D eigenvalue weighted by Gasteiger charge is -2.07. The quantitative estimate of drug-likeness (QED) is 0.733. The Labute approximate surface area is 135 Å². The molecular formula is C15H13BrN4S. The molecule has 0 atom stereocenters. The van der Waals surface area contributed by atoms with Crippen LogP contribution in [0.3, 0.4) is 0 Å². The van der Waals surface area contributed by atoms with Crippen LogP contribution in [0.5, 0.6) is 0 Å². The molecule has 0 aliphatic carbocycles. The monoisotopic (exact) mass is 360 g/mol. The molecule has 106 valence electrons. The van der Waals surface area contributed by atoms with E-state index in [2.05, 4.69) is 36.2 Å². The number of thiazole rings is 1. The summed E-state index contributed by atoms with van der Waals surface area (Å²) in [6.07, 6.45) is 1.76. The van der Waals surface area contributed by atoms with Crippen molar-refractivity contribution in [3.63, 3.8) is 0 Å². The van der Waals surface area contributed by atoms with Crippen LogP contribution in [0.1, 0.15) is 10.7 Å². The Morgan fingerprint density at radius 2 is 1.90 bits per heavy atom. The summed E-state index contributed by atoms with van der Waals surface area (Å²) in [7, 11) is 0. The summed E-state index contributed by atoms with van der Waals surface area (Å²) in [6, 6.07) is 9.79. The van der Waals surface area contributed by atoms with Gasteiger partial charge in [0, 0.05) is 10.7 Å². The zero-order valence-electron chi connectivity index (χ0n) is 11.6. The van der Waals surface area contributed by atoms with E-state index in [0.717, 1.165) is 31.4 Å². The number of aromatic nitrogens is 3. The van der Waals surface area contributed by atoms with Gasteiger partial charge in [0.1, 0.15) is 0 Å². The van der Waals surface area contributed by atoms with Gasteiger partial charge < -0.3 is 5.32 Å². The van der Waals surface area contributed by atoms with Crippen molar-refractivity contribution in [2.45, 2.75) is 13.8 Å². The number of para-hydroxylation sites is 1. The lowest BCUT2D eigenvalue weighted by atomic mass is 10.3. The van der Waals surface area contributed by atoms with Crippen LogP contribution in [0.25, 0.3) is 10.6 Å². The van der Waals surface area contributed by atoms with Crippen LogP contribution in [0.15, 0.2) is 41.0 Å². The van der Waals surface area contributed by atoms with Crippen molar-refractivity contribution < 1.29 is 0 Å². The number of hydrogen-bond donors (Lipinski definition) is 1. The van der Waals surface area contributed by atoms with Gasteiger partial charge in [-0.25, -0.2) is 15.0 Å². The smallest absolute Gasteiger partial charge is 0.227 e. The van der Waals surface area contributed by atoms with Gasteiger partial charge in [0.2, 0.25) is 5.95 Å². The fraction of sp³-hybridized carbons (Fsp3) is 0.133. The molecule has 0 aliphatic rings. The molecule has 0 amide bonds. The van der Waals surface area contributed by atoms with Crippen molar-refractivity contribution in [3.8, 4) is 10.6 Å². The Bertz CT molecular complexity index is 785. The summed E-state index contributed by atoms with van der Waals surface area (Å²) >= 11 is 5.15. The largest absolute Gasteiger partial charge is 0.323 e. The standard InChI is InChI=1S/C15H13BrN4S/c1-9-14(21-10(2)18-9)13-7-8-17-15(20-13)19-12-6-4-3-5-11(12)16/h3-8H,1-2H3,(H,17,19,20). The Kier molecular flexibility index (Phi) is 3.98. The molecule has 21 heavy (non-hydrogen) atoms. The maximum atomic E-state index is 4.58. The Hall–Kier alpha value is -1.79. The highest BCUT2D eigenvalue weighted by Gasteiger charge is 2.10. The summed E-state index contributed by atoms with van der Waals surface area (Å²) in [5.74, 6) is 0.574. The summed E-state index contributed by atoms with van der Waals surface area (Å²) < 4.78 is 0.976. The molecule has 0 aliphatic heterocycles. The van der Waals surface area contributed by atoms with Crippen LogP contribution in [0.4, 0.5) is 11.6 Å². The summed E-state index contributed by atoms with van der Waals surface area (Å²) in [5.41, 5.74) is 2.83. The van der Waals surface area contributed by atoms with Gasteiger partial charge in [0.25, 0.3) is 0 Å². The number of nitrogens with zero attached hydrogens (tertiary/aromatic N) is 3. The maximum absolute atomic E-state index is 4.58. The van der Waals surface area contributed by atoms with Crippen LogP contribution in [0, 0.1) is 13.8 Å². The summed E-state index contributed by atoms with van der Waals surface area (Å²) in [4.78, 5) is 14.4. The van der Waals surface area contributed by atoms with Crippen LogP contribution in [-0.2, 0) is 0 Å². The third kappa shape index (κ3) is 3.11. The SMILES string of the molecule is Cc1nc(C)c(-c2ccnc(Nc3ccccc3Br)n2)s1. The lowest BCUT2D eigenvalue weighted by molar-refractivity contribution is 1.16. The van der Waals surface area contributed by atoms with Crippen molar-refractivity contribution in [2.24, 2.45) is 0 Å². The average Bonchev–Trinajstić information content (AvgIpc) is 2.81. The van der Waals surface area contributed by atoms with Crippen LogP contribution < -0.4 is 5.32 Å². The molecule has 0 saturated heterocycles. The first-order valence-corrected chi connectivity index (χ1v) is 8.03. The number of halogens is 1. The van der Waals surface area contributed by atoms with Crippen molar-refractivity contribution in [2.75, 3.05) is 5.32 Å². The molecule has 6 heteroatoms. The number of rotatable bonds is 3. The number of hydrogen-bond acceptors (Lipinski definition) is 5. The van der Waals surface area contributed by atoms with E-state index in [-0.39, 0.29) is 0 Å². The molecule has 3 rings (SSSR count). The van der Waals surface area contributed by atoms with E-state index in [1.165, 1.54) is 0 Å². The second-order valence-corrected chi connectivity index (χ2v) is 6.58. The predicted molar refractivity (Wildman–Crippen MR) is 90.0 cm³/mol. The van der Waals surface area contributed by atoms with E-state index in [0.29, 0.717) is 5.95 Å². The van der Waals surface area contributed by atoms with E-state index >= 15 is 0 Å². The van der Waals surface area contributed by atoms with Gasteiger partial charge in [0.05, 0.1) is 27.0 Å². The molecule has 0 fully saturated rings. The molecule has 0 unspecified atom stereocenters. The minimum absolute atomic E-state index is 0.574. The van der Waals surface area contributed by atoms with Gasteiger partial charge in [-0.3, -0.25) is 0 Å². The van der Waals surface area contributed by atoms with Gasteiger partial charge in [-0.2, -0.15) is 0 Å². The predicted octanol–water partition coefficient (Wildman–Crippen LogP) is 4.72. The number of anilines is 2. The highest BCUT2D eigenvalue weighted by molar-refractivity contribution is 9.10. The summed E-state index contributed by atoms with van der Waals surface area (Å²) in [6.45, 7) is 4.00. The van der Waals surface area contributed by atoms with Crippen LogP contribution in [0.2, 0.25) is 0 Å². The molecular weight excluding hydrogens is 348 g/mol. The number of nitrogens with one attached hydrogen (secondary N) is 1. The lowest BCUT2D eigenvalue weighted by Crippen LogP contribution is -1.98. The molecule has 3 aromatic rings. The first kappa shape index (κ1) is 14.2. The van der Waals surface area contributed by atoms with Gasteiger partial charge in [-0.1, -0.05) is 12.1 Å². The fourth-order valence-corrected chi connectivity index (χ4v) is 3.27. The van der Waals surface area contributed by atoms with Crippen LogP contribution >= 0.6 is 27.3 Å². The van der Waals surface area contributed by atoms with E-state index in [1.54, 1.807) is 17.5 Å². The average molecular weight is 361 g/mol. The maximum Gasteiger partial charge on any atom is 0.227 e. The van der Waals surface area contributed by atoms with Crippen molar-refractivity contribution in [3.05, 3.63) is 51.7 Å². The van der Waals surface area contributed by atoms with E-state index in [1.807, 2.05) is 44.2 Å². The number of benzene rings is 1. The molecule has 1 N–H and O–H groups in total. The van der Waals surface area contributed by atoms with Gasteiger partial charge >= 0.3 is 0 Å². The molecule has 1 aromatic carbocycles. The Morgan fingerprint density at radius 1 is 1.10 bits per heavy atom. The Morgan fingerprint density at radius 3 is 2.62 bits per heavy atom. The van der Waals surface area contributed by atoms with Gasteiger partial charge in [-0.15, -0.1) is 11.3 Å². The van der Waals surface area contributed by atoms with Crippen molar-refractivity contribution >= 4 is 38.9 Å². The van der Waals surface area contributed by atoms with Gasteiger partial charge in [0.15, 0.2) is 0 Å². The molecule has 0 bridgehead atoms. The first-order chi connectivity index (χ1) is 10.1. The van der Waals surface area contributed by atoms with Gasteiger partial charge in [-0.05, 0) is 48.0 Å². The third-order valence-electron chi connectivity index (χ3n) is 2.91. The third-order valence-corrected chi connectivity index (χ3v) is 4.70. The molecule has 0 saturated carbocycles. The topological polar surface area (TPSA) is 50.7 Å². The zero-order chi connectivity index (χ0) is 14.8. The molecule has 0 radical (unpaired) electrons. The second-order valence-electron chi connectivity index (χ2n) is 4.52. The second kappa shape index (κ2) is 5.91. The number of aryl methyl sites for hydroxylation is 2. The minimum atomic E-state index is 0.574. The van der Waals surface area contributed by atoms with E-state index < -0.39 is 0 Å². The molecule has 4 nitrogen and oxygen atoms in total. The summed E-state index contributed by atoms with van der Waals surface area (Å²) in [5, 5.41) is 4.27. The minimum Gasteiger partial charge on any atom is -0.323 e. The van der Waals surface area contributed by atoms with E-state index in [9.17, 15) is 0 Å². The normalized spacial score (nSPS) is 10.6. The van der Waals surface area contributed by atoms with Crippen molar-refractivity contribution in [1.82, 2.24) is 15.0 Å². The van der Waals surface area contributed by atoms with Crippen molar-refractivity contribution in [1.29, 1.82) is 0 Å². The van der Waals surface area contributed by atoms with E-state index in [4.69, 9.17) is 0 Å². The highest BCUT2D eigenvalue weighted by Crippen LogP contribution is 2.29. The molecule has 2 heterocycles. The Balaban J connectivity index is 1.94. The zero-order valence-corrected chi connectivity index (χ0v) is 14.0. The highest BCUT2D eigenvalue weighted by atomic mass is 79.9. The van der Waals surface area contributed by atoms with Crippen LogP contribution in [-0.4, -0.2) is 15.0 Å². The molecule has 2 aromatic heterocycles. The first-order valence-electron chi connectivity index (χ1n) is 6.42.